The number of nitrogens with zero attached hydrogens (tertiary/aromatic N) is 1. The first-order valence-corrected chi connectivity index (χ1v) is 6.45. The number of nitrogens with one attached hydrogen (secondary N) is 2. The Morgan fingerprint density at radius 3 is 3.00 bits per heavy atom. The first kappa shape index (κ1) is 12.3. The molecule has 3 nitrogen and oxygen atoms in total. The average molecular weight is 263 g/mol. The maximum atomic E-state index is 13.7. The summed E-state index contributed by atoms with van der Waals surface area (Å²) in [6.45, 7) is 1.04. The van der Waals surface area contributed by atoms with Gasteiger partial charge in [-0.05, 0) is 31.5 Å². The zero-order valence-electron chi connectivity index (χ0n) is 10.4. The minimum atomic E-state index is -0.842. The van der Waals surface area contributed by atoms with Crippen LogP contribution in [-0.2, 0) is 6.42 Å². The van der Waals surface area contributed by atoms with Crippen molar-refractivity contribution in [2.75, 3.05) is 6.54 Å². The minimum Gasteiger partial charge on any atom is -0.342 e. The predicted molar refractivity (Wildman–Crippen MR) is 68.7 cm³/mol. The molecule has 1 aliphatic rings. The van der Waals surface area contributed by atoms with E-state index in [1.165, 1.54) is 12.5 Å². The summed E-state index contributed by atoms with van der Waals surface area (Å²) in [7, 11) is 0. The van der Waals surface area contributed by atoms with Crippen molar-refractivity contribution >= 4 is 0 Å². The molecule has 0 amide bonds. The lowest BCUT2D eigenvalue weighted by Gasteiger charge is -2.06. The molecule has 0 aliphatic carbocycles. The van der Waals surface area contributed by atoms with Crippen LogP contribution in [0.25, 0.3) is 11.3 Å². The highest BCUT2D eigenvalue weighted by Crippen LogP contribution is 2.23. The van der Waals surface area contributed by atoms with Gasteiger partial charge in [0, 0.05) is 18.0 Å². The lowest BCUT2D eigenvalue weighted by atomic mass is 10.1. The fourth-order valence-electron chi connectivity index (χ4n) is 2.48. The molecule has 5 heteroatoms. The number of halogens is 2. The first-order valence-electron chi connectivity index (χ1n) is 6.45. The van der Waals surface area contributed by atoms with E-state index >= 15 is 0 Å². The summed E-state index contributed by atoms with van der Waals surface area (Å²) >= 11 is 0. The molecule has 0 bridgehead atoms. The monoisotopic (exact) mass is 263 g/mol. The van der Waals surface area contributed by atoms with Crippen LogP contribution in [0.1, 0.15) is 18.7 Å². The second kappa shape index (κ2) is 5.09. The van der Waals surface area contributed by atoms with E-state index in [9.17, 15) is 8.78 Å². The number of aromatic nitrogens is 2. The maximum absolute atomic E-state index is 13.7. The van der Waals surface area contributed by atoms with Crippen molar-refractivity contribution in [2.45, 2.75) is 25.3 Å². The molecule has 1 atom stereocenters. The smallest absolute Gasteiger partial charge is 0.168 e. The highest BCUT2D eigenvalue weighted by molar-refractivity contribution is 5.59. The van der Waals surface area contributed by atoms with Crippen molar-refractivity contribution < 1.29 is 8.78 Å². The lowest BCUT2D eigenvalue weighted by Crippen LogP contribution is -2.24. The molecule has 1 saturated heterocycles. The Kier molecular flexibility index (Phi) is 3.29. The van der Waals surface area contributed by atoms with Gasteiger partial charge in [0.25, 0.3) is 0 Å². The Morgan fingerprint density at radius 1 is 1.32 bits per heavy atom. The van der Waals surface area contributed by atoms with Crippen LogP contribution in [0.15, 0.2) is 24.4 Å². The SMILES string of the molecule is Fc1cccc(-c2cnc(CC3CCCN3)[nH]2)c1F. The third-order valence-electron chi connectivity index (χ3n) is 3.47. The second-order valence-corrected chi connectivity index (χ2v) is 4.84. The molecule has 2 N–H and O–H groups in total. The van der Waals surface area contributed by atoms with Crippen molar-refractivity contribution in [3.8, 4) is 11.3 Å². The summed E-state index contributed by atoms with van der Waals surface area (Å²) in [5.74, 6) is -0.874. The quantitative estimate of drug-likeness (QED) is 0.893. The van der Waals surface area contributed by atoms with E-state index in [0.29, 0.717) is 11.7 Å². The largest absolute Gasteiger partial charge is 0.342 e. The topological polar surface area (TPSA) is 40.7 Å². The molecule has 1 aromatic heterocycles. The van der Waals surface area contributed by atoms with Crippen LogP contribution in [0.2, 0.25) is 0 Å². The van der Waals surface area contributed by atoms with Crippen LogP contribution < -0.4 is 5.32 Å². The normalized spacial score (nSPS) is 18.9. The van der Waals surface area contributed by atoms with E-state index in [0.717, 1.165) is 31.3 Å². The van der Waals surface area contributed by atoms with Crippen LogP contribution in [0.5, 0.6) is 0 Å². The predicted octanol–water partition coefficient (Wildman–Crippen LogP) is 2.65. The van der Waals surface area contributed by atoms with Crippen LogP contribution in [0.3, 0.4) is 0 Å². The molecule has 1 fully saturated rings. The lowest BCUT2D eigenvalue weighted by molar-refractivity contribution is 0.511. The number of hydrogen-bond donors (Lipinski definition) is 2. The van der Waals surface area contributed by atoms with E-state index < -0.39 is 11.6 Å². The fraction of sp³-hybridized carbons (Fsp3) is 0.357. The summed E-state index contributed by atoms with van der Waals surface area (Å²) in [5, 5.41) is 3.38. The van der Waals surface area contributed by atoms with E-state index in [2.05, 4.69) is 15.3 Å². The van der Waals surface area contributed by atoms with Crippen LogP contribution in [0, 0.1) is 11.6 Å². The van der Waals surface area contributed by atoms with Crippen molar-refractivity contribution in [2.24, 2.45) is 0 Å². The van der Waals surface area contributed by atoms with Crippen LogP contribution >= 0.6 is 0 Å². The zero-order valence-corrected chi connectivity index (χ0v) is 10.4. The van der Waals surface area contributed by atoms with E-state index in [-0.39, 0.29) is 5.56 Å². The second-order valence-electron chi connectivity index (χ2n) is 4.84. The van der Waals surface area contributed by atoms with Crippen LogP contribution in [-0.4, -0.2) is 22.6 Å². The van der Waals surface area contributed by atoms with Crippen LogP contribution in [0.4, 0.5) is 8.78 Å². The molecule has 1 aliphatic heterocycles. The van der Waals surface area contributed by atoms with Crippen molar-refractivity contribution in [1.29, 1.82) is 0 Å². The Morgan fingerprint density at radius 2 is 2.21 bits per heavy atom. The van der Waals surface area contributed by atoms with E-state index in [1.54, 1.807) is 12.3 Å². The Labute approximate surface area is 110 Å². The van der Waals surface area contributed by atoms with Gasteiger partial charge in [0.1, 0.15) is 5.82 Å². The summed E-state index contributed by atoms with van der Waals surface area (Å²) in [5.41, 5.74) is 0.739. The summed E-state index contributed by atoms with van der Waals surface area (Å²) in [6, 6.07) is 4.57. The number of aromatic amines is 1. The van der Waals surface area contributed by atoms with Gasteiger partial charge in [0.2, 0.25) is 0 Å². The summed E-state index contributed by atoms with van der Waals surface area (Å²) < 4.78 is 26.8. The number of rotatable bonds is 3. The number of hydrogen-bond acceptors (Lipinski definition) is 2. The van der Waals surface area contributed by atoms with Crippen molar-refractivity contribution in [3.63, 3.8) is 0 Å². The van der Waals surface area contributed by atoms with Gasteiger partial charge in [-0.3, -0.25) is 0 Å². The Hall–Kier alpha value is -1.75. The Balaban J connectivity index is 1.82. The van der Waals surface area contributed by atoms with Gasteiger partial charge in [-0.2, -0.15) is 0 Å². The number of benzene rings is 1. The average Bonchev–Trinajstić information content (AvgIpc) is 3.05. The molecule has 3 rings (SSSR count). The van der Waals surface area contributed by atoms with E-state index in [4.69, 9.17) is 0 Å². The molecule has 1 aromatic carbocycles. The molecule has 100 valence electrons. The van der Waals surface area contributed by atoms with Gasteiger partial charge in [-0.25, -0.2) is 13.8 Å². The molecule has 0 radical (unpaired) electrons. The molecule has 19 heavy (non-hydrogen) atoms. The highest BCUT2D eigenvalue weighted by Gasteiger charge is 2.17. The molecule has 2 aromatic rings. The number of H-pyrrole nitrogens is 1. The van der Waals surface area contributed by atoms with Gasteiger partial charge < -0.3 is 10.3 Å². The molecule has 2 heterocycles. The van der Waals surface area contributed by atoms with Gasteiger partial charge in [0.15, 0.2) is 11.6 Å². The third-order valence-corrected chi connectivity index (χ3v) is 3.47. The molecule has 0 saturated carbocycles. The summed E-state index contributed by atoms with van der Waals surface area (Å²) in [4.78, 5) is 7.31. The minimum absolute atomic E-state index is 0.220. The van der Waals surface area contributed by atoms with Gasteiger partial charge in [-0.1, -0.05) is 6.07 Å². The zero-order chi connectivity index (χ0) is 13.2. The highest BCUT2D eigenvalue weighted by atomic mass is 19.2. The molecule has 1 unspecified atom stereocenters. The third kappa shape index (κ3) is 2.51. The molecular formula is C14H15F2N3. The number of imidazole rings is 1. The van der Waals surface area contributed by atoms with Gasteiger partial charge in [-0.15, -0.1) is 0 Å². The van der Waals surface area contributed by atoms with Crippen molar-refractivity contribution in [1.82, 2.24) is 15.3 Å². The Bertz CT molecular complexity index is 574. The summed E-state index contributed by atoms with van der Waals surface area (Å²) in [6.07, 6.45) is 4.65. The first-order chi connectivity index (χ1) is 9.24. The van der Waals surface area contributed by atoms with Gasteiger partial charge in [0.05, 0.1) is 11.9 Å². The fourth-order valence-corrected chi connectivity index (χ4v) is 2.48. The molecular weight excluding hydrogens is 248 g/mol. The van der Waals surface area contributed by atoms with E-state index in [1.807, 2.05) is 0 Å². The van der Waals surface area contributed by atoms with Gasteiger partial charge >= 0.3 is 0 Å². The molecule has 0 spiro atoms. The standard InChI is InChI=1S/C14H15F2N3/c15-11-5-1-4-10(14(11)16)12-8-18-13(19-12)7-9-3-2-6-17-9/h1,4-5,8-9,17H,2-3,6-7H2,(H,18,19). The van der Waals surface area contributed by atoms with Crippen molar-refractivity contribution in [3.05, 3.63) is 41.9 Å². The maximum Gasteiger partial charge on any atom is 0.168 e.